The van der Waals surface area contributed by atoms with E-state index in [-0.39, 0.29) is 0 Å². The molecular formula is C12H12ClNOS. The Balaban J connectivity index is 2.17. The van der Waals surface area contributed by atoms with Crippen LogP contribution in [-0.4, -0.2) is 10.1 Å². The third kappa shape index (κ3) is 2.43. The monoisotopic (exact) mass is 253 g/mol. The molecule has 0 spiro atoms. The van der Waals surface area contributed by atoms with Gasteiger partial charge in [-0.15, -0.1) is 11.3 Å². The summed E-state index contributed by atoms with van der Waals surface area (Å²) in [6, 6.07) is 7.58. The second kappa shape index (κ2) is 4.95. The molecule has 0 saturated carbocycles. The molecule has 0 radical (unpaired) electrons. The van der Waals surface area contributed by atoms with Crippen LogP contribution in [0.15, 0.2) is 29.8 Å². The Morgan fingerprint density at radius 2 is 2.19 bits per heavy atom. The number of aliphatic hydroxyl groups excluding tert-OH is 1. The fourth-order valence-electron chi connectivity index (χ4n) is 1.60. The molecule has 4 heteroatoms. The highest BCUT2D eigenvalue weighted by Crippen LogP contribution is 2.27. The van der Waals surface area contributed by atoms with Crippen molar-refractivity contribution < 1.29 is 5.11 Å². The maximum Gasteiger partial charge on any atom is 0.0941 e. The lowest BCUT2D eigenvalue weighted by Gasteiger charge is -2.10. The second-order valence-electron chi connectivity index (χ2n) is 3.61. The van der Waals surface area contributed by atoms with E-state index in [4.69, 9.17) is 11.6 Å². The maximum absolute atomic E-state index is 10.1. The Morgan fingerprint density at radius 3 is 2.81 bits per heavy atom. The zero-order valence-electron chi connectivity index (χ0n) is 8.85. The van der Waals surface area contributed by atoms with E-state index in [1.807, 2.05) is 31.2 Å². The van der Waals surface area contributed by atoms with E-state index in [1.54, 1.807) is 5.51 Å². The molecule has 1 unspecified atom stereocenters. The van der Waals surface area contributed by atoms with Gasteiger partial charge in [-0.1, -0.05) is 29.8 Å². The van der Waals surface area contributed by atoms with E-state index in [1.165, 1.54) is 11.3 Å². The van der Waals surface area contributed by atoms with E-state index in [0.717, 1.165) is 16.1 Å². The molecule has 1 aromatic carbocycles. The molecule has 0 fully saturated rings. The number of hydrogen-bond acceptors (Lipinski definition) is 3. The highest BCUT2D eigenvalue weighted by atomic mass is 35.5. The van der Waals surface area contributed by atoms with Crippen molar-refractivity contribution in [3.8, 4) is 0 Å². The first-order valence-electron chi connectivity index (χ1n) is 5.00. The number of aliphatic hydroxyl groups is 1. The molecule has 0 amide bonds. The van der Waals surface area contributed by atoms with Crippen molar-refractivity contribution in [1.29, 1.82) is 0 Å². The van der Waals surface area contributed by atoms with E-state index in [2.05, 4.69) is 4.98 Å². The molecule has 1 N–H and O–H groups in total. The Labute approximate surface area is 104 Å². The fraction of sp³-hybridized carbons (Fsp3) is 0.250. The predicted molar refractivity (Wildman–Crippen MR) is 67.0 cm³/mol. The van der Waals surface area contributed by atoms with Crippen LogP contribution in [0.25, 0.3) is 0 Å². The molecule has 2 nitrogen and oxygen atoms in total. The fourth-order valence-corrected chi connectivity index (χ4v) is 2.60. The van der Waals surface area contributed by atoms with E-state index >= 15 is 0 Å². The number of hydrogen-bond donors (Lipinski definition) is 1. The number of rotatable bonds is 3. The first-order chi connectivity index (χ1) is 7.68. The van der Waals surface area contributed by atoms with Gasteiger partial charge in [-0.2, -0.15) is 0 Å². The molecule has 0 bridgehead atoms. The Bertz CT molecular complexity index is 483. The first-order valence-corrected chi connectivity index (χ1v) is 6.25. The van der Waals surface area contributed by atoms with Crippen LogP contribution in [0.2, 0.25) is 5.02 Å². The molecule has 16 heavy (non-hydrogen) atoms. The van der Waals surface area contributed by atoms with Crippen LogP contribution in [0.1, 0.15) is 22.2 Å². The summed E-state index contributed by atoms with van der Waals surface area (Å²) in [5.74, 6) is 0. The molecule has 1 heterocycles. The van der Waals surface area contributed by atoms with Crippen LogP contribution < -0.4 is 0 Å². The van der Waals surface area contributed by atoms with Gasteiger partial charge in [0.1, 0.15) is 0 Å². The number of benzene rings is 1. The Hall–Kier alpha value is -0.900. The van der Waals surface area contributed by atoms with Gasteiger partial charge < -0.3 is 5.11 Å². The predicted octanol–water partition coefficient (Wildman–Crippen LogP) is 3.38. The zero-order valence-corrected chi connectivity index (χ0v) is 10.4. The molecule has 0 saturated heterocycles. The summed E-state index contributed by atoms with van der Waals surface area (Å²) in [5.41, 5.74) is 3.61. The summed E-state index contributed by atoms with van der Waals surface area (Å²) in [6.45, 7) is 1.90. The lowest BCUT2D eigenvalue weighted by atomic mass is 10.1. The zero-order chi connectivity index (χ0) is 11.5. The minimum atomic E-state index is -0.521. The van der Waals surface area contributed by atoms with Crippen molar-refractivity contribution in [1.82, 2.24) is 4.98 Å². The highest BCUT2D eigenvalue weighted by Gasteiger charge is 2.14. The summed E-state index contributed by atoms with van der Waals surface area (Å²) in [5, 5.41) is 10.8. The van der Waals surface area contributed by atoms with Gasteiger partial charge in [0.2, 0.25) is 0 Å². The summed E-state index contributed by atoms with van der Waals surface area (Å²) in [7, 11) is 0. The minimum absolute atomic E-state index is 0.521. The van der Waals surface area contributed by atoms with Crippen molar-refractivity contribution in [2.24, 2.45) is 0 Å². The van der Waals surface area contributed by atoms with Crippen molar-refractivity contribution >= 4 is 22.9 Å². The van der Waals surface area contributed by atoms with Gasteiger partial charge in [-0.25, -0.2) is 4.98 Å². The van der Waals surface area contributed by atoms with Gasteiger partial charge in [-0.05, 0) is 18.6 Å². The Morgan fingerprint density at radius 1 is 1.44 bits per heavy atom. The molecule has 1 aromatic heterocycles. The number of halogens is 1. The topological polar surface area (TPSA) is 33.1 Å². The summed E-state index contributed by atoms with van der Waals surface area (Å²) in [6.07, 6.45) is 0.00954. The van der Waals surface area contributed by atoms with Crippen molar-refractivity contribution in [3.63, 3.8) is 0 Å². The molecular weight excluding hydrogens is 242 g/mol. The van der Waals surface area contributed by atoms with Crippen LogP contribution >= 0.6 is 22.9 Å². The molecule has 2 rings (SSSR count). The average molecular weight is 254 g/mol. The second-order valence-corrected chi connectivity index (χ2v) is 4.91. The number of thiazole rings is 1. The van der Waals surface area contributed by atoms with Gasteiger partial charge in [0.05, 0.1) is 22.2 Å². The van der Waals surface area contributed by atoms with Gasteiger partial charge in [-0.3, -0.25) is 0 Å². The third-order valence-electron chi connectivity index (χ3n) is 2.46. The van der Waals surface area contributed by atoms with Gasteiger partial charge in [0.15, 0.2) is 0 Å². The summed E-state index contributed by atoms with van der Waals surface area (Å²) in [4.78, 5) is 5.04. The van der Waals surface area contributed by atoms with Crippen LogP contribution in [0.5, 0.6) is 0 Å². The van der Waals surface area contributed by atoms with E-state index < -0.39 is 6.10 Å². The van der Waals surface area contributed by atoms with E-state index in [9.17, 15) is 5.11 Å². The number of aryl methyl sites for hydroxylation is 1. The number of nitrogens with zero attached hydrogens (tertiary/aromatic N) is 1. The molecule has 84 valence electrons. The third-order valence-corrected chi connectivity index (χ3v) is 3.86. The molecule has 0 aliphatic rings. The van der Waals surface area contributed by atoms with Crippen molar-refractivity contribution in [2.75, 3.05) is 0 Å². The Kier molecular flexibility index (Phi) is 3.59. The SMILES string of the molecule is Cc1ncsc1C(O)Cc1ccccc1Cl. The van der Waals surface area contributed by atoms with Crippen molar-refractivity contribution in [3.05, 3.63) is 50.9 Å². The van der Waals surface area contributed by atoms with Gasteiger partial charge >= 0.3 is 0 Å². The minimum Gasteiger partial charge on any atom is -0.387 e. The van der Waals surface area contributed by atoms with Crippen LogP contribution in [0, 0.1) is 6.92 Å². The van der Waals surface area contributed by atoms with Gasteiger partial charge in [0.25, 0.3) is 0 Å². The normalized spacial score (nSPS) is 12.7. The molecule has 1 atom stereocenters. The maximum atomic E-state index is 10.1. The van der Waals surface area contributed by atoms with Crippen LogP contribution in [-0.2, 0) is 6.42 Å². The molecule has 0 aliphatic heterocycles. The van der Waals surface area contributed by atoms with Gasteiger partial charge in [0, 0.05) is 11.4 Å². The highest BCUT2D eigenvalue weighted by molar-refractivity contribution is 7.09. The smallest absolute Gasteiger partial charge is 0.0941 e. The van der Waals surface area contributed by atoms with Crippen LogP contribution in [0.4, 0.5) is 0 Å². The first kappa shape index (κ1) is 11.6. The summed E-state index contributed by atoms with van der Waals surface area (Å²) < 4.78 is 0. The molecule has 2 aromatic rings. The quantitative estimate of drug-likeness (QED) is 0.910. The summed E-state index contributed by atoms with van der Waals surface area (Å²) >= 11 is 7.52. The van der Waals surface area contributed by atoms with Crippen molar-refractivity contribution in [2.45, 2.75) is 19.4 Å². The lowest BCUT2D eigenvalue weighted by Crippen LogP contribution is -2.01. The average Bonchev–Trinajstić information content (AvgIpc) is 2.68. The number of aromatic nitrogens is 1. The lowest BCUT2D eigenvalue weighted by molar-refractivity contribution is 0.181. The standard InChI is InChI=1S/C12H12ClNOS/c1-8-12(16-7-14-8)11(15)6-9-4-2-3-5-10(9)13/h2-5,7,11,15H,6H2,1H3. The molecule has 0 aliphatic carbocycles. The van der Waals surface area contributed by atoms with E-state index in [0.29, 0.717) is 11.4 Å². The van der Waals surface area contributed by atoms with Crippen LogP contribution in [0.3, 0.4) is 0 Å². The largest absolute Gasteiger partial charge is 0.387 e.